The zero-order valence-corrected chi connectivity index (χ0v) is 8.45. The van der Waals surface area contributed by atoms with Gasteiger partial charge in [0.2, 0.25) is 0 Å². The van der Waals surface area contributed by atoms with Gasteiger partial charge in [-0.15, -0.1) is 0 Å². The number of nitrogens with one attached hydrogen (secondary N) is 1. The SMILES string of the molecule is NC1=NC(c2cccc(C(F)(F)F)c2)C(=O)N1. The van der Waals surface area contributed by atoms with E-state index in [0.717, 1.165) is 12.1 Å². The van der Waals surface area contributed by atoms with Gasteiger partial charge in [-0.05, 0) is 17.7 Å². The summed E-state index contributed by atoms with van der Waals surface area (Å²) < 4.78 is 37.4. The molecule has 90 valence electrons. The first-order valence-electron chi connectivity index (χ1n) is 4.69. The van der Waals surface area contributed by atoms with Crippen molar-refractivity contribution in [2.75, 3.05) is 0 Å². The van der Waals surface area contributed by atoms with Crippen molar-refractivity contribution in [2.24, 2.45) is 10.7 Å². The molecule has 0 saturated carbocycles. The molecule has 1 unspecified atom stereocenters. The van der Waals surface area contributed by atoms with Crippen molar-refractivity contribution in [1.82, 2.24) is 5.32 Å². The molecule has 4 nitrogen and oxygen atoms in total. The smallest absolute Gasteiger partial charge is 0.370 e. The van der Waals surface area contributed by atoms with Crippen molar-refractivity contribution in [1.29, 1.82) is 0 Å². The third-order valence-corrected chi connectivity index (χ3v) is 2.30. The summed E-state index contributed by atoms with van der Waals surface area (Å²) in [7, 11) is 0. The highest BCUT2D eigenvalue weighted by molar-refractivity contribution is 6.04. The number of nitrogens with two attached hydrogens (primary N) is 1. The van der Waals surface area contributed by atoms with E-state index in [1.54, 1.807) is 0 Å². The third-order valence-electron chi connectivity index (χ3n) is 2.30. The van der Waals surface area contributed by atoms with Crippen LogP contribution >= 0.6 is 0 Å². The molecule has 2 rings (SSSR count). The Labute approximate surface area is 94.3 Å². The lowest BCUT2D eigenvalue weighted by Gasteiger charge is -2.10. The summed E-state index contributed by atoms with van der Waals surface area (Å²) in [6, 6.07) is 3.46. The molecule has 0 radical (unpaired) electrons. The van der Waals surface area contributed by atoms with Crippen molar-refractivity contribution in [3.05, 3.63) is 35.4 Å². The summed E-state index contributed by atoms with van der Waals surface area (Å²) >= 11 is 0. The zero-order valence-electron chi connectivity index (χ0n) is 8.45. The lowest BCUT2D eigenvalue weighted by molar-refractivity contribution is -0.137. The Morgan fingerprint density at radius 3 is 2.59 bits per heavy atom. The van der Waals surface area contributed by atoms with Crippen LogP contribution in [0.25, 0.3) is 0 Å². The summed E-state index contributed by atoms with van der Waals surface area (Å²) in [6.07, 6.45) is -4.44. The van der Waals surface area contributed by atoms with Crippen LogP contribution in [0.4, 0.5) is 13.2 Å². The molecule has 1 aromatic rings. The number of halogens is 3. The van der Waals surface area contributed by atoms with Gasteiger partial charge < -0.3 is 5.73 Å². The summed E-state index contributed by atoms with van der Waals surface area (Å²) in [4.78, 5) is 15.1. The molecule has 1 aliphatic rings. The van der Waals surface area contributed by atoms with Gasteiger partial charge in [-0.2, -0.15) is 13.2 Å². The van der Waals surface area contributed by atoms with Crippen LogP contribution in [0.1, 0.15) is 17.2 Å². The third kappa shape index (κ3) is 2.22. The van der Waals surface area contributed by atoms with Crippen LogP contribution in [0, 0.1) is 0 Å². The number of carbonyl (C=O) groups is 1. The fraction of sp³-hybridized carbons (Fsp3) is 0.200. The number of benzene rings is 1. The van der Waals surface area contributed by atoms with Gasteiger partial charge in [0.25, 0.3) is 5.91 Å². The molecule has 1 amide bonds. The molecule has 17 heavy (non-hydrogen) atoms. The fourth-order valence-corrected chi connectivity index (χ4v) is 1.54. The van der Waals surface area contributed by atoms with Crippen LogP contribution in [-0.4, -0.2) is 11.9 Å². The predicted molar refractivity (Wildman–Crippen MR) is 54.0 cm³/mol. The zero-order chi connectivity index (χ0) is 12.6. The largest absolute Gasteiger partial charge is 0.416 e. The van der Waals surface area contributed by atoms with Gasteiger partial charge >= 0.3 is 6.18 Å². The number of alkyl halides is 3. The molecular formula is C10H8F3N3O. The van der Waals surface area contributed by atoms with E-state index >= 15 is 0 Å². The van der Waals surface area contributed by atoms with Crippen LogP contribution in [0.3, 0.4) is 0 Å². The van der Waals surface area contributed by atoms with E-state index in [4.69, 9.17) is 5.73 Å². The van der Waals surface area contributed by atoms with Gasteiger partial charge in [0, 0.05) is 0 Å². The number of nitrogens with zero attached hydrogens (tertiary/aromatic N) is 1. The van der Waals surface area contributed by atoms with Crippen molar-refractivity contribution in [3.63, 3.8) is 0 Å². The molecule has 1 aromatic carbocycles. The quantitative estimate of drug-likeness (QED) is 0.778. The Morgan fingerprint density at radius 2 is 2.06 bits per heavy atom. The second-order valence-electron chi connectivity index (χ2n) is 3.53. The molecule has 1 atom stereocenters. The molecule has 1 heterocycles. The number of guanidine groups is 1. The predicted octanol–water partition coefficient (Wildman–Crippen LogP) is 1.19. The van der Waals surface area contributed by atoms with Gasteiger partial charge in [0.15, 0.2) is 12.0 Å². The topological polar surface area (TPSA) is 67.5 Å². The lowest BCUT2D eigenvalue weighted by Crippen LogP contribution is -2.31. The first-order chi connectivity index (χ1) is 7.88. The first-order valence-corrected chi connectivity index (χ1v) is 4.69. The second-order valence-corrected chi connectivity index (χ2v) is 3.53. The van der Waals surface area contributed by atoms with Crippen molar-refractivity contribution >= 4 is 11.9 Å². The van der Waals surface area contributed by atoms with E-state index in [0.29, 0.717) is 0 Å². The molecule has 0 saturated heterocycles. The average Bonchev–Trinajstić information content (AvgIpc) is 2.57. The number of carbonyl (C=O) groups excluding carboxylic acids is 1. The Balaban J connectivity index is 2.38. The molecule has 0 aromatic heterocycles. The minimum absolute atomic E-state index is 0.0857. The van der Waals surface area contributed by atoms with Crippen LogP contribution < -0.4 is 11.1 Å². The molecule has 7 heteroatoms. The average molecular weight is 243 g/mol. The normalized spacial score (nSPS) is 20.1. The van der Waals surface area contributed by atoms with Crippen molar-refractivity contribution < 1.29 is 18.0 Å². The lowest BCUT2D eigenvalue weighted by atomic mass is 10.0. The Bertz CT molecular complexity index is 496. The molecule has 0 fully saturated rings. The summed E-state index contributed by atoms with van der Waals surface area (Å²) in [5.74, 6) is -0.612. The number of hydrogen-bond acceptors (Lipinski definition) is 3. The van der Waals surface area contributed by atoms with Gasteiger partial charge in [-0.3, -0.25) is 10.1 Å². The van der Waals surface area contributed by atoms with Gasteiger partial charge in [-0.1, -0.05) is 12.1 Å². The highest BCUT2D eigenvalue weighted by atomic mass is 19.4. The number of hydrogen-bond donors (Lipinski definition) is 2. The molecular weight excluding hydrogens is 235 g/mol. The molecule has 3 N–H and O–H groups in total. The van der Waals surface area contributed by atoms with E-state index in [-0.39, 0.29) is 11.5 Å². The monoisotopic (exact) mass is 243 g/mol. The van der Waals surface area contributed by atoms with E-state index in [9.17, 15) is 18.0 Å². The van der Waals surface area contributed by atoms with E-state index in [1.807, 2.05) is 0 Å². The van der Waals surface area contributed by atoms with Crippen LogP contribution in [0.2, 0.25) is 0 Å². The maximum absolute atomic E-state index is 12.5. The highest BCUT2D eigenvalue weighted by Gasteiger charge is 2.33. The minimum atomic E-state index is -4.44. The van der Waals surface area contributed by atoms with E-state index in [2.05, 4.69) is 10.3 Å². The number of rotatable bonds is 1. The van der Waals surface area contributed by atoms with Crippen LogP contribution in [0.5, 0.6) is 0 Å². The Hall–Kier alpha value is -2.05. The number of aliphatic imine (C=N–C) groups is 1. The summed E-state index contributed by atoms with van der Waals surface area (Å²) in [5, 5.41) is 2.23. The highest BCUT2D eigenvalue weighted by Crippen LogP contribution is 2.31. The first kappa shape index (κ1) is 11.4. The molecule has 0 spiro atoms. The van der Waals surface area contributed by atoms with Crippen molar-refractivity contribution in [3.8, 4) is 0 Å². The molecule has 1 aliphatic heterocycles. The number of amides is 1. The standard InChI is InChI=1S/C10H8F3N3O/c11-10(12,13)6-3-1-2-5(4-6)7-8(17)16-9(14)15-7/h1-4,7H,(H3,14,15,16,17). The Kier molecular flexibility index (Phi) is 2.53. The molecule has 0 aliphatic carbocycles. The van der Waals surface area contributed by atoms with Crippen molar-refractivity contribution in [2.45, 2.75) is 12.2 Å². The second kappa shape index (κ2) is 3.76. The van der Waals surface area contributed by atoms with E-state index in [1.165, 1.54) is 12.1 Å². The maximum Gasteiger partial charge on any atom is 0.416 e. The van der Waals surface area contributed by atoms with Gasteiger partial charge in [0.1, 0.15) is 0 Å². The van der Waals surface area contributed by atoms with Crippen LogP contribution in [0.15, 0.2) is 29.3 Å². The summed E-state index contributed by atoms with van der Waals surface area (Å²) in [5.41, 5.74) is 4.62. The summed E-state index contributed by atoms with van der Waals surface area (Å²) in [6.45, 7) is 0. The van der Waals surface area contributed by atoms with Crippen LogP contribution in [-0.2, 0) is 11.0 Å². The Morgan fingerprint density at radius 1 is 1.35 bits per heavy atom. The molecule has 0 bridgehead atoms. The minimum Gasteiger partial charge on any atom is -0.370 e. The maximum atomic E-state index is 12.5. The fourth-order valence-electron chi connectivity index (χ4n) is 1.54. The van der Waals surface area contributed by atoms with Gasteiger partial charge in [-0.25, -0.2) is 4.99 Å². The van der Waals surface area contributed by atoms with Gasteiger partial charge in [0.05, 0.1) is 5.56 Å². The van der Waals surface area contributed by atoms with E-state index < -0.39 is 23.7 Å².